The molecule has 1 atom stereocenters. The van der Waals surface area contributed by atoms with E-state index in [1.54, 1.807) is 0 Å². The number of guanidine groups is 1. The maximum atomic E-state index is 4.51. The Morgan fingerprint density at radius 3 is 2.79 bits per heavy atom. The quantitative estimate of drug-likeness (QED) is 0.634. The lowest BCUT2D eigenvalue weighted by Gasteiger charge is -2.35. The molecule has 4 heteroatoms. The van der Waals surface area contributed by atoms with Crippen molar-refractivity contribution >= 4 is 17.7 Å². The Bertz CT molecular complexity index is 347. The molecular formula is C15H27N3S. The molecule has 1 saturated heterocycles. The fourth-order valence-electron chi connectivity index (χ4n) is 3.33. The van der Waals surface area contributed by atoms with Crippen molar-refractivity contribution in [3.63, 3.8) is 0 Å². The second kappa shape index (κ2) is 5.55. The lowest BCUT2D eigenvalue weighted by molar-refractivity contribution is 0.383. The number of hydrogen-bond donors (Lipinski definition) is 1. The Labute approximate surface area is 121 Å². The Morgan fingerprint density at radius 1 is 1.42 bits per heavy atom. The Hall–Kier alpha value is -0.380. The first-order valence-electron chi connectivity index (χ1n) is 7.84. The normalized spacial score (nSPS) is 30.3. The number of nitrogens with zero attached hydrogens (tertiary/aromatic N) is 2. The summed E-state index contributed by atoms with van der Waals surface area (Å²) in [7, 11) is 1.93. The van der Waals surface area contributed by atoms with Crippen LogP contribution >= 0.6 is 11.8 Å². The van der Waals surface area contributed by atoms with Gasteiger partial charge in [0.15, 0.2) is 5.96 Å². The molecule has 0 aromatic rings. The van der Waals surface area contributed by atoms with Crippen LogP contribution in [0.1, 0.15) is 39.0 Å². The van der Waals surface area contributed by atoms with E-state index in [0.29, 0.717) is 5.41 Å². The van der Waals surface area contributed by atoms with Crippen LogP contribution in [0.3, 0.4) is 0 Å². The van der Waals surface area contributed by atoms with Gasteiger partial charge in [-0.1, -0.05) is 6.92 Å². The number of nitrogens with one attached hydrogen (secondary N) is 1. The van der Waals surface area contributed by atoms with Gasteiger partial charge in [0.1, 0.15) is 0 Å². The monoisotopic (exact) mass is 281 g/mol. The summed E-state index contributed by atoms with van der Waals surface area (Å²) in [5.41, 5.74) is 0.657. The van der Waals surface area contributed by atoms with Crippen molar-refractivity contribution in [3.8, 4) is 0 Å². The van der Waals surface area contributed by atoms with Gasteiger partial charge >= 0.3 is 0 Å². The minimum absolute atomic E-state index is 0.657. The molecule has 1 N–H and O–H groups in total. The summed E-state index contributed by atoms with van der Waals surface area (Å²) in [6, 6.07) is 0. The van der Waals surface area contributed by atoms with Crippen LogP contribution in [0.4, 0.5) is 0 Å². The predicted octanol–water partition coefficient (Wildman–Crippen LogP) is 2.58. The standard InChI is InChI=1S/C15H27N3S/c1-3-13-10-18(8-9-19-13)14(16-2)17-11-15(6-7-15)12-4-5-12/h12-13H,3-11H2,1-2H3,(H,16,17). The van der Waals surface area contributed by atoms with E-state index in [-0.39, 0.29) is 0 Å². The summed E-state index contributed by atoms with van der Waals surface area (Å²) in [6.07, 6.45) is 7.09. The van der Waals surface area contributed by atoms with Crippen molar-refractivity contribution in [2.75, 3.05) is 32.4 Å². The van der Waals surface area contributed by atoms with Crippen molar-refractivity contribution in [2.24, 2.45) is 16.3 Å². The van der Waals surface area contributed by atoms with Gasteiger partial charge in [0.05, 0.1) is 0 Å². The van der Waals surface area contributed by atoms with Gasteiger partial charge in [0, 0.05) is 37.7 Å². The molecule has 1 aliphatic heterocycles. The highest BCUT2D eigenvalue weighted by molar-refractivity contribution is 8.00. The summed E-state index contributed by atoms with van der Waals surface area (Å²) in [5.74, 6) is 3.41. The van der Waals surface area contributed by atoms with E-state index in [4.69, 9.17) is 0 Å². The second-order valence-electron chi connectivity index (χ2n) is 6.38. The van der Waals surface area contributed by atoms with Crippen LogP contribution in [0.25, 0.3) is 0 Å². The Balaban J connectivity index is 1.52. The summed E-state index contributed by atoms with van der Waals surface area (Å²) >= 11 is 2.12. The van der Waals surface area contributed by atoms with Crippen LogP contribution in [-0.4, -0.2) is 48.5 Å². The molecule has 0 aromatic heterocycles. The van der Waals surface area contributed by atoms with Gasteiger partial charge < -0.3 is 10.2 Å². The highest BCUT2D eigenvalue weighted by Crippen LogP contribution is 2.60. The van der Waals surface area contributed by atoms with Crippen LogP contribution in [-0.2, 0) is 0 Å². The zero-order valence-corrected chi connectivity index (χ0v) is 13.1. The zero-order chi connectivity index (χ0) is 13.3. The van der Waals surface area contributed by atoms with E-state index in [1.165, 1.54) is 37.9 Å². The molecule has 2 saturated carbocycles. The van der Waals surface area contributed by atoms with E-state index in [1.807, 2.05) is 7.05 Å². The first kappa shape index (κ1) is 13.6. The van der Waals surface area contributed by atoms with Crippen LogP contribution in [0.2, 0.25) is 0 Å². The largest absolute Gasteiger partial charge is 0.356 e. The van der Waals surface area contributed by atoms with Gasteiger partial charge in [0.25, 0.3) is 0 Å². The molecule has 19 heavy (non-hydrogen) atoms. The zero-order valence-electron chi connectivity index (χ0n) is 12.3. The topological polar surface area (TPSA) is 27.6 Å². The van der Waals surface area contributed by atoms with E-state index >= 15 is 0 Å². The van der Waals surface area contributed by atoms with Gasteiger partial charge in [-0.25, -0.2) is 0 Å². The molecule has 0 amide bonds. The Kier molecular flexibility index (Phi) is 3.97. The predicted molar refractivity (Wildman–Crippen MR) is 83.9 cm³/mol. The molecule has 3 fully saturated rings. The van der Waals surface area contributed by atoms with Crippen molar-refractivity contribution < 1.29 is 0 Å². The van der Waals surface area contributed by atoms with Crippen molar-refractivity contribution in [1.29, 1.82) is 0 Å². The fraction of sp³-hybridized carbons (Fsp3) is 0.933. The minimum atomic E-state index is 0.657. The average Bonchev–Trinajstić information content (AvgIpc) is 3.31. The van der Waals surface area contributed by atoms with E-state index < -0.39 is 0 Å². The molecule has 0 bridgehead atoms. The van der Waals surface area contributed by atoms with Gasteiger partial charge in [-0.2, -0.15) is 11.8 Å². The summed E-state index contributed by atoms with van der Waals surface area (Å²) in [6.45, 7) is 5.77. The average molecular weight is 281 g/mol. The molecule has 3 aliphatic rings. The molecule has 3 nitrogen and oxygen atoms in total. The third-order valence-electron chi connectivity index (χ3n) is 5.04. The summed E-state index contributed by atoms with van der Waals surface area (Å²) in [4.78, 5) is 6.98. The van der Waals surface area contributed by atoms with Crippen LogP contribution < -0.4 is 5.32 Å². The molecule has 1 heterocycles. The first-order chi connectivity index (χ1) is 9.27. The van der Waals surface area contributed by atoms with Gasteiger partial charge in [-0.15, -0.1) is 0 Å². The van der Waals surface area contributed by atoms with Crippen LogP contribution in [0.15, 0.2) is 4.99 Å². The minimum Gasteiger partial charge on any atom is -0.356 e. The highest BCUT2D eigenvalue weighted by Gasteiger charge is 2.53. The van der Waals surface area contributed by atoms with Gasteiger partial charge in [-0.3, -0.25) is 4.99 Å². The number of aliphatic imine (C=N–C) groups is 1. The van der Waals surface area contributed by atoms with E-state index in [2.05, 4.69) is 33.9 Å². The van der Waals surface area contributed by atoms with E-state index in [9.17, 15) is 0 Å². The smallest absolute Gasteiger partial charge is 0.193 e. The third-order valence-corrected chi connectivity index (χ3v) is 6.41. The van der Waals surface area contributed by atoms with Gasteiger partial charge in [-0.05, 0) is 43.4 Å². The number of rotatable bonds is 4. The molecule has 2 aliphatic carbocycles. The van der Waals surface area contributed by atoms with Crippen LogP contribution in [0.5, 0.6) is 0 Å². The highest BCUT2D eigenvalue weighted by atomic mass is 32.2. The number of thioether (sulfide) groups is 1. The fourth-order valence-corrected chi connectivity index (χ4v) is 4.51. The maximum Gasteiger partial charge on any atom is 0.193 e. The molecule has 0 radical (unpaired) electrons. The van der Waals surface area contributed by atoms with Crippen molar-refractivity contribution in [3.05, 3.63) is 0 Å². The van der Waals surface area contributed by atoms with Crippen molar-refractivity contribution in [1.82, 2.24) is 10.2 Å². The second-order valence-corrected chi connectivity index (χ2v) is 7.79. The maximum absolute atomic E-state index is 4.51. The lowest BCUT2D eigenvalue weighted by Crippen LogP contribution is -2.49. The van der Waals surface area contributed by atoms with Crippen LogP contribution in [0, 0.1) is 11.3 Å². The molecule has 0 spiro atoms. The summed E-state index contributed by atoms with van der Waals surface area (Å²) in [5, 5.41) is 4.46. The third kappa shape index (κ3) is 3.04. The summed E-state index contributed by atoms with van der Waals surface area (Å²) < 4.78 is 0. The lowest BCUT2D eigenvalue weighted by atomic mass is 10.0. The molecular weight excluding hydrogens is 254 g/mol. The molecule has 0 aromatic carbocycles. The first-order valence-corrected chi connectivity index (χ1v) is 8.89. The van der Waals surface area contributed by atoms with Gasteiger partial charge in [0.2, 0.25) is 0 Å². The SMILES string of the molecule is CCC1CN(C(=NC)NCC2(C3CC3)CC2)CCS1. The number of hydrogen-bond acceptors (Lipinski definition) is 2. The molecule has 108 valence electrons. The van der Waals surface area contributed by atoms with E-state index in [0.717, 1.165) is 36.8 Å². The molecule has 1 unspecified atom stereocenters. The van der Waals surface area contributed by atoms with Crippen molar-refractivity contribution in [2.45, 2.75) is 44.3 Å². The molecule has 3 rings (SSSR count). The Morgan fingerprint density at radius 2 is 2.21 bits per heavy atom.